The standard InChI is InChI=1S/C21H19N3O5/c1-2-28-21(27)14-5-7-16(8-6-14)24-20(26)18-12-15(9-10-22-18)19(25)23-13-17-4-3-11-29-17/h3-12H,2,13H2,1H3,(H,23,25)(H,24,26). The number of anilines is 1. The van der Waals surface area contributed by atoms with E-state index >= 15 is 0 Å². The van der Waals surface area contributed by atoms with E-state index in [0.29, 0.717) is 22.6 Å². The van der Waals surface area contributed by atoms with Gasteiger partial charge in [0, 0.05) is 17.4 Å². The van der Waals surface area contributed by atoms with E-state index in [2.05, 4.69) is 15.6 Å². The fourth-order valence-electron chi connectivity index (χ4n) is 2.48. The third kappa shape index (κ3) is 5.29. The minimum atomic E-state index is -0.477. The van der Waals surface area contributed by atoms with Crippen LogP contribution in [0.15, 0.2) is 65.4 Å². The Hall–Kier alpha value is -3.94. The van der Waals surface area contributed by atoms with E-state index in [1.807, 2.05) is 0 Å². The van der Waals surface area contributed by atoms with Crippen LogP contribution in [-0.2, 0) is 11.3 Å². The first kappa shape index (κ1) is 19.8. The summed E-state index contributed by atoms with van der Waals surface area (Å²) in [6, 6.07) is 12.7. The maximum absolute atomic E-state index is 12.4. The van der Waals surface area contributed by atoms with Gasteiger partial charge in [-0.1, -0.05) is 0 Å². The number of rotatable bonds is 7. The molecule has 29 heavy (non-hydrogen) atoms. The molecule has 8 heteroatoms. The van der Waals surface area contributed by atoms with E-state index in [1.54, 1.807) is 43.3 Å². The predicted octanol–water partition coefficient (Wildman–Crippen LogP) is 3.03. The summed E-state index contributed by atoms with van der Waals surface area (Å²) >= 11 is 0. The second kappa shape index (κ2) is 9.32. The Balaban J connectivity index is 1.63. The number of benzene rings is 1. The van der Waals surface area contributed by atoms with Crippen molar-refractivity contribution in [1.29, 1.82) is 0 Å². The number of esters is 1. The lowest BCUT2D eigenvalue weighted by Gasteiger charge is -2.08. The van der Waals surface area contributed by atoms with E-state index in [0.717, 1.165) is 0 Å². The summed E-state index contributed by atoms with van der Waals surface area (Å²) in [5.41, 5.74) is 1.26. The van der Waals surface area contributed by atoms with E-state index in [4.69, 9.17) is 9.15 Å². The lowest BCUT2D eigenvalue weighted by molar-refractivity contribution is 0.0526. The molecular weight excluding hydrogens is 374 g/mol. The summed E-state index contributed by atoms with van der Waals surface area (Å²) in [5.74, 6) is -0.636. The Morgan fingerprint density at radius 2 is 1.83 bits per heavy atom. The molecule has 1 aromatic carbocycles. The molecule has 0 fully saturated rings. The Kier molecular flexibility index (Phi) is 6.36. The summed E-state index contributed by atoms with van der Waals surface area (Å²) in [6.45, 7) is 2.25. The largest absolute Gasteiger partial charge is 0.467 e. The molecule has 0 aliphatic rings. The van der Waals surface area contributed by atoms with Crippen LogP contribution in [0.5, 0.6) is 0 Å². The molecule has 2 heterocycles. The van der Waals surface area contributed by atoms with Crippen molar-refractivity contribution in [2.45, 2.75) is 13.5 Å². The van der Waals surface area contributed by atoms with Crippen molar-refractivity contribution in [2.24, 2.45) is 0 Å². The summed E-state index contributed by atoms with van der Waals surface area (Å²) in [6.07, 6.45) is 2.91. The first-order chi connectivity index (χ1) is 14.1. The second-order valence-electron chi connectivity index (χ2n) is 5.94. The van der Waals surface area contributed by atoms with Crippen LogP contribution < -0.4 is 10.6 Å². The van der Waals surface area contributed by atoms with Gasteiger partial charge in [-0.3, -0.25) is 14.6 Å². The Morgan fingerprint density at radius 3 is 2.52 bits per heavy atom. The van der Waals surface area contributed by atoms with Crippen LogP contribution in [0, 0.1) is 0 Å². The average molecular weight is 393 g/mol. The number of nitrogens with zero attached hydrogens (tertiary/aromatic N) is 1. The van der Waals surface area contributed by atoms with Crippen molar-refractivity contribution in [3.63, 3.8) is 0 Å². The minimum Gasteiger partial charge on any atom is -0.467 e. The molecule has 0 unspecified atom stereocenters. The van der Waals surface area contributed by atoms with Crippen LogP contribution in [0.2, 0.25) is 0 Å². The lowest BCUT2D eigenvalue weighted by atomic mass is 10.2. The number of ether oxygens (including phenoxy) is 1. The summed E-state index contributed by atoms with van der Waals surface area (Å²) in [4.78, 5) is 40.4. The Labute approximate surface area is 166 Å². The van der Waals surface area contributed by atoms with Crippen LogP contribution in [0.3, 0.4) is 0 Å². The zero-order chi connectivity index (χ0) is 20.6. The number of nitrogens with one attached hydrogen (secondary N) is 2. The molecule has 0 saturated heterocycles. The highest BCUT2D eigenvalue weighted by atomic mass is 16.5. The van der Waals surface area contributed by atoms with E-state index < -0.39 is 11.9 Å². The van der Waals surface area contributed by atoms with E-state index in [1.165, 1.54) is 24.6 Å². The predicted molar refractivity (Wildman–Crippen MR) is 104 cm³/mol. The van der Waals surface area contributed by atoms with Crippen molar-refractivity contribution in [2.75, 3.05) is 11.9 Å². The fraction of sp³-hybridized carbons (Fsp3) is 0.143. The summed E-state index contributed by atoms with van der Waals surface area (Å²) in [5, 5.41) is 5.38. The quantitative estimate of drug-likeness (QED) is 0.597. The molecule has 3 aromatic rings. The van der Waals surface area contributed by atoms with Gasteiger partial charge in [-0.25, -0.2) is 4.79 Å². The van der Waals surface area contributed by atoms with Gasteiger partial charge in [0.15, 0.2) is 0 Å². The maximum Gasteiger partial charge on any atom is 0.338 e. The molecule has 0 aliphatic carbocycles. The van der Waals surface area contributed by atoms with Crippen LogP contribution in [0.1, 0.15) is 43.9 Å². The molecule has 2 amide bonds. The zero-order valence-electron chi connectivity index (χ0n) is 15.7. The third-order valence-corrected chi connectivity index (χ3v) is 3.91. The highest BCUT2D eigenvalue weighted by molar-refractivity contribution is 6.05. The summed E-state index contributed by atoms with van der Waals surface area (Å²) < 4.78 is 10.1. The first-order valence-corrected chi connectivity index (χ1v) is 8.92. The molecule has 3 rings (SSSR count). The van der Waals surface area contributed by atoms with Crippen LogP contribution in [-0.4, -0.2) is 29.4 Å². The molecule has 2 aromatic heterocycles. The van der Waals surface area contributed by atoms with Gasteiger partial charge in [0.2, 0.25) is 0 Å². The number of carbonyl (C=O) groups is 3. The number of carbonyl (C=O) groups excluding carboxylic acids is 3. The number of aromatic nitrogens is 1. The lowest BCUT2D eigenvalue weighted by Crippen LogP contribution is -2.23. The zero-order valence-corrected chi connectivity index (χ0v) is 15.7. The van der Waals surface area contributed by atoms with Crippen LogP contribution in [0.4, 0.5) is 5.69 Å². The van der Waals surface area contributed by atoms with Gasteiger partial charge >= 0.3 is 5.97 Å². The molecule has 2 N–H and O–H groups in total. The van der Waals surface area contributed by atoms with E-state index in [9.17, 15) is 14.4 Å². The van der Waals surface area contributed by atoms with Crippen molar-refractivity contribution in [3.05, 3.63) is 83.6 Å². The van der Waals surface area contributed by atoms with Gasteiger partial charge in [-0.05, 0) is 55.5 Å². The number of furan rings is 1. The van der Waals surface area contributed by atoms with Gasteiger partial charge in [0.05, 0.1) is 25.0 Å². The van der Waals surface area contributed by atoms with Gasteiger partial charge in [0.1, 0.15) is 11.5 Å². The molecule has 0 radical (unpaired) electrons. The minimum absolute atomic E-state index is 0.0881. The van der Waals surface area contributed by atoms with Crippen LogP contribution in [0.25, 0.3) is 0 Å². The molecule has 0 aliphatic heterocycles. The molecule has 148 valence electrons. The number of pyridine rings is 1. The average Bonchev–Trinajstić information content (AvgIpc) is 3.26. The van der Waals surface area contributed by atoms with Gasteiger partial charge in [-0.15, -0.1) is 0 Å². The first-order valence-electron chi connectivity index (χ1n) is 8.92. The molecule has 8 nitrogen and oxygen atoms in total. The fourth-order valence-corrected chi connectivity index (χ4v) is 2.48. The smallest absolute Gasteiger partial charge is 0.338 e. The molecule has 0 bridgehead atoms. The highest BCUT2D eigenvalue weighted by Crippen LogP contribution is 2.12. The Morgan fingerprint density at radius 1 is 1.03 bits per heavy atom. The third-order valence-electron chi connectivity index (χ3n) is 3.91. The summed E-state index contributed by atoms with van der Waals surface area (Å²) in [7, 11) is 0. The maximum atomic E-state index is 12.4. The van der Waals surface area contributed by atoms with Gasteiger partial charge < -0.3 is 19.8 Å². The molecule has 0 atom stereocenters. The molecular formula is C21H19N3O5. The van der Waals surface area contributed by atoms with Crippen molar-refractivity contribution in [3.8, 4) is 0 Å². The number of hydrogen-bond acceptors (Lipinski definition) is 6. The topological polar surface area (TPSA) is 111 Å². The SMILES string of the molecule is CCOC(=O)c1ccc(NC(=O)c2cc(C(=O)NCc3ccco3)ccn2)cc1. The van der Waals surface area contributed by atoms with Crippen molar-refractivity contribution >= 4 is 23.5 Å². The highest BCUT2D eigenvalue weighted by Gasteiger charge is 2.13. The molecule has 0 spiro atoms. The number of hydrogen-bond donors (Lipinski definition) is 2. The van der Waals surface area contributed by atoms with Gasteiger partial charge in [-0.2, -0.15) is 0 Å². The monoisotopic (exact) mass is 393 g/mol. The number of amides is 2. The van der Waals surface area contributed by atoms with E-state index in [-0.39, 0.29) is 24.8 Å². The second-order valence-corrected chi connectivity index (χ2v) is 5.94. The molecule has 0 saturated carbocycles. The van der Waals surface area contributed by atoms with Gasteiger partial charge in [0.25, 0.3) is 11.8 Å². The Bertz CT molecular complexity index is 997. The van der Waals surface area contributed by atoms with Crippen molar-refractivity contribution in [1.82, 2.24) is 10.3 Å². The van der Waals surface area contributed by atoms with Crippen LogP contribution >= 0.6 is 0 Å². The normalized spacial score (nSPS) is 10.2. The van der Waals surface area contributed by atoms with Crippen molar-refractivity contribution < 1.29 is 23.5 Å².